The van der Waals surface area contributed by atoms with E-state index in [4.69, 9.17) is 0 Å². The first kappa shape index (κ1) is 18.6. The summed E-state index contributed by atoms with van der Waals surface area (Å²) in [5.41, 5.74) is 0.893. The molecule has 1 saturated heterocycles. The zero-order valence-electron chi connectivity index (χ0n) is 15.2. The lowest BCUT2D eigenvalue weighted by Gasteiger charge is -2.34. The van der Waals surface area contributed by atoms with Crippen LogP contribution in [-0.4, -0.2) is 65.5 Å². The Balaban J connectivity index is 1.46. The minimum atomic E-state index is -0.132. The molecule has 8 heteroatoms. The van der Waals surface area contributed by atoms with E-state index >= 15 is 0 Å². The first-order valence-corrected chi connectivity index (χ1v) is 9.80. The molecule has 2 aromatic rings. The van der Waals surface area contributed by atoms with Crippen molar-refractivity contribution in [3.8, 4) is 0 Å². The Morgan fingerprint density at radius 1 is 1.23 bits per heavy atom. The van der Waals surface area contributed by atoms with Crippen LogP contribution in [0, 0.1) is 0 Å². The van der Waals surface area contributed by atoms with Crippen LogP contribution >= 0.6 is 11.3 Å². The van der Waals surface area contributed by atoms with Gasteiger partial charge >= 0.3 is 6.03 Å². The fraction of sp³-hybridized carbons (Fsp3) is 0.500. The predicted octanol–water partition coefficient (Wildman–Crippen LogP) is 2.36. The van der Waals surface area contributed by atoms with E-state index < -0.39 is 0 Å². The number of carbonyl (C=O) groups is 2. The third-order valence-electron chi connectivity index (χ3n) is 4.55. The normalized spacial score (nSPS) is 16.5. The molecule has 0 aliphatic carbocycles. The molecule has 1 fully saturated rings. The number of para-hydroxylation sites is 1. The number of hydrogen-bond donors (Lipinski definition) is 2. The Kier molecular flexibility index (Phi) is 6.05. The molecule has 3 rings (SSSR count). The summed E-state index contributed by atoms with van der Waals surface area (Å²) in [7, 11) is 0. The summed E-state index contributed by atoms with van der Waals surface area (Å²) in [4.78, 5) is 32.7. The van der Waals surface area contributed by atoms with Crippen molar-refractivity contribution in [2.45, 2.75) is 26.3 Å². The van der Waals surface area contributed by atoms with Gasteiger partial charge in [-0.2, -0.15) is 0 Å². The van der Waals surface area contributed by atoms with Crippen LogP contribution in [0.2, 0.25) is 0 Å². The van der Waals surface area contributed by atoms with E-state index in [0.29, 0.717) is 37.9 Å². The van der Waals surface area contributed by atoms with Crippen molar-refractivity contribution in [3.05, 3.63) is 24.3 Å². The molecule has 7 nitrogen and oxygen atoms in total. The van der Waals surface area contributed by atoms with Gasteiger partial charge in [0.25, 0.3) is 0 Å². The van der Waals surface area contributed by atoms with Gasteiger partial charge in [-0.3, -0.25) is 15.0 Å². The number of fused-ring (bicyclic) bond motifs is 1. The van der Waals surface area contributed by atoms with Crippen molar-refractivity contribution >= 4 is 38.6 Å². The molecule has 0 bridgehead atoms. The second kappa shape index (κ2) is 8.46. The highest BCUT2D eigenvalue weighted by Gasteiger charge is 2.23. The molecule has 3 amide bonds. The minimum Gasteiger partial charge on any atom is -0.353 e. The van der Waals surface area contributed by atoms with E-state index in [0.717, 1.165) is 16.6 Å². The molecule has 1 aliphatic heterocycles. The standard InChI is InChI=1S/C18H25N5O2S/c1-3-13(2)19-16(24)12-22-8-10-23(11-9-22)18(25)21-17-20-14-6-4-5-7-15(14)26-17/h4-7,13H,3,8-12H2,1-2H3,(H,19,24)(H,20,21,25). The Morgan fingerprint density at radius 3 is 2.65 bits per heavy atom. The van der Waals surface area contributed by atoms with Gasteiger partial charge < -0.3 is 10.2 Å². The van der Waals surface area contributed by atoms with Crippen LogP contribution in [0.25, 0.3) is 10.2 Å². The summed E-state index contributed by atoms with van der Waals surface area (Å²) < 4.78 is 1.06. The second-order valence-electron chi connectivity index (χ2n) is 6.56. The topological polar surface area (TPSA) is 77.6 Å². The number of anilines is 1. The first-order chi connectivity index (χ1) is 12.5. The molecule has 26 heavy (non-hydrogen) atoms. The zero-order valence-corrected chi connectivity index (χ0v) is 16.0. The highest BCUT2D eigenvalue weighted by Crippen LogP contribution is 2.25. The second-order valence-corrected chi connectivity index (χ2v) is 7.59. The number of aromatic nitrogens is 1. The maximum Gasteiger partial charge on any atom is 0.323 e. The van der Waals surface area contributed by atoms with Gasteiger partial charge in [0.1, 0.15) is 0 Å². The Labute approximate surface area is 157 Å². The van der Waals surface area contributed by atoms with Gasteiger partial charge in [-0.25, -0.2) is 9.78 Å². The molecule has 1 unspecified atom stereocenters. The highest BCUT2D eigenvalue weighted by atomic mass is 32.1. The van der Waals surface area contributed by atoms with Gasteiger partial charge in [-0.15, -0.1) is 0 Å². The van der Waals surface area contributed by atoms with Crippen molar-refractivity contribution < 1.29 is 9.59 Å². The number of rotatable bonds is 5. The molecule has 1 atom stereocenters. The maximum absolute atomic E-state index is 12.4. The van der Waals surface area contributed by atoms with E-state index in [1.54, 1.807) is 4.90 Å². The molecule has 1 aromatic heterocycles. The van der Waals surface area contributed by atoms with E-state index in [1.165, 1.54) is 11.3 Å². The highest BCUT2D eigenvalue weighted by molar-refractivity contribution is 7.22. The number of thiazole rings is 1. The smallest absolute Gasteiger partial charge is 0.323 e. The fourth-order valence-corrected chi connectivity index (χ4v) is 3.69. The quantitative estimate of drug-likeness (QED) is 0.841. The van der Waals surface area contributed by atoms with Gasteiger partial charge in [0.05, 0.1) is 16.8 Å². The summed E-state index contributed by atoms with van der Waals surface area (Å²) in [6.45, 7) is 7.04. The summed E-state index contributed by atoms with van der Waals surface area (Å²) in [5.74, 6) is 0.0479. The first-order valence-electron chi connectivity index (χ1n) is 8.98. The summed E-state index contributed by atoms with van der Waals surface area (Å²) in [6, 6.07) is 7.89. The minimum absolute atomic E-state index is 0.0479. The fourth-order valence-electron chi connectivity index (χ4n) is 2.83. The molecule has 140 valence electrons. The lowest BCUT2D eigenvalue weighted by atomic mass is 10.2. The van der Waals surface area contributed by atoms with Crippen LogP contribution in [0.4, 0.5) is 9.93 Å². The molecule has 0 spiro atoms. The average molecular weight is 375 g/mol. The van der Waals surface area contributed by atoms with Crippen molar-refractivity contribution in [1.29, 1.82) is 0 Å². The van der Waals surface area contributed by atoms with Gasteiger partial charge in [0.15, 0.2) is 5.13 Å². The molecule has 1 aromatic carbocycles. The van der Waals surface area contributed by atoms with Crippen LogP contribution < -0.4 is 10.6 Å². The van der Waals surface area contributed by atoms with Crippen LogP contribution in [-0.2, 0) is 4.79 Å². The molecular formula is C18H25N5O2S. The zero-order chi connectivity index (χ0) is 18.5. The number of amides is 3. The van der Waals surface area contributed by atoms with Gasteiger partial charge in [0, 0.05) is 32.2 Å². The number of piperazine rings is 1. The van der Waals surface area contributed by atoms with Crippen LogP contribution in [0.5, 0.6) is 0 Å². The number of nitrogens with one attached hydrogen (secondary N) is 2. The van der Waals surface area contributed by atoms with Crippen molar-refractivity contribution in [3.63, 3.8) is 0 Å². The lowest BCUT2D eigenvalue weighted by molar-refractivity contribution is -0.123. The molecule has 2 heterocycles. The van der Waals surface area contributed by atoms with E-state index in [1.807, 2.05) is 38.1 Å². The SMILES string of the molecule is CCC(C)NC(=O)CN1CCN(C(=O)Nc2nc3ccccc3s2)CC1. The largest absolute Gasteiger partial charge is 0.353 e. The Bertz CT molecular complexity index is 737. The number of urea groups is 1. The number of nitrogens with zero attached hydrogens (tertiary/aromatic N) is 3. The van der Waals surface area contributed by atoms with Crippen molar-refractivity contribution in [1.82, 2.24) is 20.1 Å². The van der Waals surface area contributed by atoms with E-state index in [9.17, 15) is 9.59 Å². The number of carbonyl (C=O) groups excluding carboxylic acids is 2. The van der Waals surface area contributed by atoms with Gasteiger partial charge in [0.2, 0.25) is 5.91 Å². The van der Waals surface area contributed by atoms with Crippen LogP contribution in [0.15, 0.2) is 24.3 Å². The van der Waals surface area contributed by atoms with E-state index in [-0.39, 0.29) is 18.0 Å². The summed E-state index contributed by atoms with van der Waals surface area (Å²) in [5, 5.41) is 6.48. The maximum atomic E-state index is 12.4. The van der Waals surface area contributed by atoms with Gasteiger partial charge in [-0.1, -0.05) is 30.4 Å². The van der Waals surface area contributed by atoms with Crippen LogP contribution in [0.1, 0.15) is 20.3 Å². The van der Waals surface area contributed by atoms with Crippen LogP contribution in [0.3, 0.4) is 0 Å². The molecular weight excluding hydrogens is 350 g/mol. The molecule has 0 saturated carbocycles. The molecule has 1 aliphatic rings. The van der Waals surface area contributed by atoms with E-state index in [2.05, 4.69) is 20.5 Å². The van der Waals surface area contributed by atoms with Crippen molar-refractivity contribution in [2.24, 2.45) is 0 Å². The average Bonchev–Trinajstić information content (AvgIpc) is 3.04. The summed E-state index contributed by atoms with van der Waals surface area (Å²) >= 11 is 1.47. The Morgan fingerprint density at radius 2 is 1.96 bits per heavy atom. The number of benzene rings is 1. The third kappa shape index (κ3) is 4.70. The lowest BCUT2D eigenvalue weighted by Crippen LogP contribution is -2.52. The summed E-state index contributed by atoms with van der Waals surface area (Å²) in [6.07, 6.45) is 0.922. The number of hydrogen-bond acceptors (Lipinski definition) is 5. The van der Waals surface area contributed by atoms with Crippen molar-refractivity contribution in [2.75, 3.05) is 38.0 Å². The predicted molar refractivity (Wildman–Crippen MR) is 105 cm³/mol. The third-order valence-corrected chi connectivity index (χ3v) is 5.51. The van der Waals surface area contributed by atoms with Gasteiger partial charge in [-0.05, 0) is 25.5 Å². The Hall–Kier alpha value is -2.19. The monoisotopic (exact) mass is 375 g/mol. The molecule has 2 N–H and O–H groups in total. The molecule has 0 radical (unpaired) electrons.